The van der Waals surface area contributed by atoms with E-state index in [1.165, 1.54) is 6.42 Å². The highest BCUT2D eigenvalue weighted by atomic mass is 35.5. The summed E-state index contributed by atoms with van der Waals surface area (Å²) in [6.07, 6.45) is 2.73. The van der Waals surface area contributed by atoms with Crippen LogP contribution >= 0.6 is 11.6 Å². The molecule has 2 rings (SSSR count). The first-order chi connectivity index (χ1) is 10.1. The lowest BCUT2D eigenvalue weighted by Crippen LogP contribution is -2.31. The number of nitrogens with zero attached hydrogens (tertiary/aromatic N) is 1. The molecule has 21 heavy (non-hydrogen) atoms. The van der Waals surface area contributed by atoms with Crippen LogP contribution in [0.3, 0.4) is 0 Å². The van der Waals surface area contributed by atoms with E-state index in [1.807, 2.05) is 19.2 Å². The van der Waals surface area contributed by atoms with Crippen molar-refractivity contribution >= 4 is 11.6 Å². The number of aliphatic hydroxyl groups excluding tert-OH is 1. The highest BCUT2D eigenvalue weighted by Crippen LogP contribution is 2.17. The Hall–Kier alpha value is -0.650. The van der Waals surface area contributed by atoms with E-state index >= 15 is 0 Å². The van der Waals surface area contributed by atoms with Gasteiger partial charge in [-0.3, -0.25) is 0 Å². The number of hydrogen-bond acceptors (Lipinski definition) is 4. The molecule has 0 amide bonds. The van der Waals surface area contributed by atoms with Gasteiger partial charge in [-0.25, -0.2) is 0 Å². The van der Waals surface area contributed by atoms with Crippen molar-refractivity contribution in [2.75, 3.05) is 33.4 Å². The van der Waals surface area contributed by atoms with Crippen LogP contribution in [-0.2, 0) is 9.47 Å². The molecule has 1 heterocycles. The predicted molar refractivity (Wildman–Crippen MR) is 83.5 cm³/mol. The van der Waals surface area contributed by atoms with Crippen molar-refractivity contribution < 1.29 is 14.6 Å². The van der Waals surface area contributed by atoms with Crippen LogP contribution in [0, 0.1) is 0 Å². The third-order valence-electron chi connectivity index (χ3n) is 3.65. The molecule has 1 aliphatic rings. The van der Waals surface area contributed by atoms with Crippen LogP contribution in [0.1, 0.15) is 30.9 Å². The summed E-state index contributed by atoms with van der Waals surface area (Å²) in [5, 5.41) is 10.9. The summed E-state index contributed by atoms with van der Waals surface area (Å²) >= 11 is 5.84. The van der Waals surface area contributed by atoms with Crippen LogP contribution in [0.15, 0.2) is 24.3 Å². The van der Waals surface area contributed by atoms with Gasteiger partial charge in [0.1, 0.15) is 0 Å². The average Bonchev–Trinajstić information content (AvgIpc) is 2.49. The molecule has 0 radical (unpaired) electrons. The van der Waals surface area contributed by atoms with E-state index in [-0.39, 0.29) is 6.29 Å². The second-order valence-electron chi connectivity index (χ2n) is 5.50. The lowest BCUT2D eigenvalue weighted by molar-refractivity contribution is -0.164. The predicted octanol–water partition coefficient (Wildman–Crippen LogP) is 2.85. The maximum Gasteiger partial charge on any atom is 0.157 e. The fourth-order valence-corrected chi connectivity index (χ4v) is 2.49. The Morgan fingerprint density at radius 3 is 2.81 bits per heavy atom. The molecule has 1 aromatic carbocycles. The zero-order valence-corrected chi connectivity index (χ0v) is 13.3. The van der Waals surface area contributed by atoms with E-state index in [1.54, 1.807) is 12.1 Å². The van der Waals surface area contributed by atoms with Crippen LogP contribution < -0.4 is 0 Å². The van der Waals surface area contributed by atoms with E-state index in [0.29, 0.717) is 18.2 Å². The van der Waals surface area contributed by atoms with Gasteiger partial charge in [-0.05, 0) is 44.0 Å². The number of halogens is 1. The zero-order chi connectivity index (χ0) is 15.1. The van der Waals surface area contributed by atoms with Gasteiger partial charge in [-0.1, -0.05) is 23.7 Å². The van der Waals surface area contributed by atoms with Gasteiger partial charge in [-0.2, -0.15) is 0 Å². The first-order valence-electron chi connectivity index (χ1n) is 7.50. The zero-order valence-electron chi connectivity index (χ0n) is 12.5. The smallest absolute Gasteiger partial charge is 0.157 e. The molecule has 4 nitrogen and oxygen atoms in total. The topological polar surface area (TPSA) is 41.9 Å². The molecule has 1 aliphatic heterocycles. The van der Waals surface area contributed by atoms with Gasteiger partial charge in [0.05, 0.1) is 12.7 Å². The Balaban J connectivity index is 1.66. The fraction of sp³-hybridized carbons (Fsp3) is 0.625. The molecule has 1 N–H and O–H groups in total. The lowest BCUT2D eigenvalue weighted by atomic mass is 10.1. The number of aliphatic hydroxyl groups is 1. The van der Waals surface area contributed by atoms with Gasteiger partial charge in [0.15, 0.2) is 6.29 Å². The SMILES string of the molecule is CN(CCOC1CCCCO1)C[C@H](O)c1ccc(Cl)cc1. The third kappa shape index (κ3) is 5.93. The standard InChI is InChI=1S/C16H24ClNO3/c1-18(9-11-21-16-4-2-3-10-20-16)12-15(19)13-5-7-14(17)8-6-13/h5-8,15-16,19H,2-4,9-12H2,1H3/t15-,16?/m0/s1. The molecule has 0 bridgehead atoms. The number of likely N-dealkylation sites (N-methyl/N-ethyl adjacent to an activating group) is 1. The highest BCUT2D eigenvalue weighted by Gasteiger charge is 2.15. The van der Waals surface area contributed by atoms with Crippen LogP contribution in [0.4, 0.5) is 0 Å². The minimum atomic E-state index is -0.516. The van der Waals surface area contributed by atoms with E-state index < -0.39 is 6.10 Å². The van der Waals surface area contributed by atoms with Crippen molar-refractivity contribution in [1.29, 1.82) is 0 Å². The molecule has 0 aliphatic carbocycles. The van der Waals surface area contributed by atoms with Crippen molar-refractivity contribution in [3.05, 3.63) is 34.9 Å². The maximum absolute atomic E-state index is 10.2. The molecule has 0 spiro atoms. The molecule has 0 aromatic heterocycles. The second-order valence-corrected chi connectivity index (χ2v) is 5.93. The Bertz CT molecular complexity index is 406. The molecule has 1 fully saturated rings. The van der Waals surface area contributed by atoms with Crippen LogP contribution in [0.25, 0.3) is 0 Å². The van der Waals surface area contributed by atoms with E-state index in [9.17, 15) is 5.11 Å². The van der Waals surface area contributed by atoms with Crippen LogP contribution in [0.2, 0.25) is 5.02 Å². The normalized spacial score (nSPS) is 20.7. The molecular formula is C16H24ClNO3. The summed E-state index contributed by atoms with van der Waals surface area (Å²) in [6, 6.07) is 7.30. The molecule has 5 heteroatoms. The Morgan fingerprint density at radius 2 is 2.14 bits per heavy atom. The number of ether oxygens (including phenoxy) is 2. The van der Waals surface area contributed by atoms with Gasteiger partial charge >= 0.3 is 0 Å². The van der Waals surface area contributed by atoms with Gasteiger partial charge in [0, 0.05) is 24.7 Å². The molecule has 0 saturated carbocycles. The van der Waals surface area contributed by atoms with Gasteiger partial charge in [-0.15, -0.1) is 0 Å². The molecular weight excluding hydrogens is 290 g/mol. The summed E-state index contributed by atoms with van der Waals surface area (Å²) < 4.78 is 11.2. The highest BCUT2D eigenvalue weighted by molar-refractivity contribution is 6.30. The molecule has 1 saturated heterocycles. The van der Waals surface area contributed by atoms with Crippen molar-refractivity contribution in [3.8, 4) is 0 Å². The van der Waals surface area contributed by atoms with E-state index in [4.69, 9.17) is 21.1 Å². The summed E-state index contributed by atoms with van der Waals surface area (Å²) in [4.78, 5) is 2.06. The Morgan fingerprint density at radius 1 is 1.38 bits per heavy atom. The average molecular weight is 314 g/mol. The summed E-state index contributed by atoms with van der Waals surface area (Å²) in [5.41, 5.74) is 0.878. The number of benzene rings is 1. The first-order valence-corrected chi connectivity index (χ1v) is 7.88. The molecule has 118 valence electrons. The minimum Gasteiger partial charge on any atom is -0.387 e. The third-order valence-corrected chi connectivity index (χ3v) is 3.91. The molecule has 1 aromatic rings. The summed E-state index contributed by atoms with van der Waals surface area (Å²) in [5.74, 6) is 0. The fourth-order valence-electron chi connectivity index (χ4n) is 2.36. The van der Waals surface area contributed by atoms with Crippen LogP contribution in [0.5, 0.6) is 0 Å². The summed E-state index contributed by atoms with van der Waals surface area (Å²) in [6.45, 7) is 2.76. The lowest BCUT2D eigenvalue weighted by Gasteiger charge is -2.25. The van der Waals surface area contributed by atoms with Crippen molar-refractivity contribution in [3.63, 3.8) is 0 Å². The van der Waals surface area contributed by atoms with E-state index in [2.05, 4.69) is 4.90 Å². The quantitative estimate of drug-likeness (QED) is 0.840. The Labute approximate surface area is 131 Å². The largest absolute Gasteiger partial charge is 0.387 e. The monoisotopic (exact) mass is 313 g/mol. The van der Waals surface area contributed by atoms with Gasteiger partial charge < -0.3 is 19.5 Å². The first kappa shape index (κ1) is 16.7. The minimum absolute atomic E-state index is 0.0478. The van der Waals surface area contributed by atoms with Gasteiger partial charge in [0.2, 0.25) is 0 Å². The number of hydrogen-bond donors (Lipinski definition) is 1. The molecule has 2 atom stereocenters. The number of rotatable bonds is 7. The van der Waals surface area contributed by atoms with Crippen LogP contribution in [-0.4, -0.2) is 49.6 Å². The second kappa shape index (κ2) is 8.71. The summed E-state index contributed by atoms with van der Waals surface area (Å²) in [7, 11) is 1.98. The Kier molecular flexibility index (Phi) is 6.93. The maximum atomic E-state index is 10.2. The van der Waals surface area contributed by atoms with Gasteiger partial charge in [0.25, 0.3) is 0 Å². The van der Waals surface area contributed by atoms with E-state index in [0.717, 1.165) is 31.6 Å². The van der Waals surface area contributed by atoms with Crippen molar-refractivity contribution in [2.45, 2.75) is 31.7 Å². The van der Waals surface area contributed by atoms with Crippen molar-refractivity contribution in [1.82, 2.24) is 4.90 Å². The molecule has 1 unspecified atom stereocenters. The van der Waals surface area contributed by atoms with Crippen molar-refractivity contribution in [2.24, 2.45) is 0 Å².